The first-order valence-electron chi connectivity index (χ1n) is 13.9. The highest BCUT2D eigenvalue weighted by atomic mass is 35.5. The first-order valence-corrected chi connectivity index (χ1v) is 14.3. The molecule has 0 saturated carbocycles. The summed E-state index contributed by atoms with van der Waals surface area (Å²) in [5.74, 6) is -1.23. The monoisotopic (exact) mass is 596 g/mol. The normalized spacial score (nSPS) is 12.5. The Labute approximate surface area is 251 Å². The van der Waals surface area contributed by atoms with Crippen molar-refractivity contribution in [3.8, 4) is 0 Å². The third kappa shape index (κ3) is 10.1. The molecule has 10 N–H and O–H groups in total. The fourth-order valence-corrected chi connectivity index (χ4v) is 4.57. The number of primary amides is 1. The topological polar surface area (TPSA) is 204 Å². The SMILES string of the molecule is CN(C)CCCN[C@@H](CCc1ccc2cc(CCCCN=C(N)NC(=O)c3nc(Cl)c(N)nc3N)ccc2c1)C(N)=O. The quantitative estimate of drug-likeness (QED) is 0.0859. The number of carbonyl (C=O) groups excluding carboxylic acids is 2. The largest absolute Gasteiger partial charge is 0.382 e. The van der Waals surface area contributed by atoms with Crippen LogP contribution in [0.15, 0.2) is 41.4 Å². The van der Waals surface area contributed by atoms with Crippen molar-refractivity contribution in [1.29, 1.82) is 0 Å². The Morgan fingerprint density at radius 2 is 1.62 bits per heavy atom. The van der Waals surface area contributed by atoms with Gasteiger partial charge in [-0.05, 0) is 87.6 Å². The number of guanidine groups is 1. The van der Waals surface area contributed by atoms with Crippen LogP contribution in [0.2, 0.25) is 5.15 Å². The average Bonchev–Trinajstić information content (AvgIpc) is 2.93. The van der Waals surface area contributed by atoms with Crippen molar-refractivity contribution >= 4 is 51.8 Å². The number of nitrogens with one attached hydrogen (secondary N) is 2. The number of nitrogens with zero attached hydrogens (tertiary/aromatic N) is 4. The molecule has 3 aromatic rings. The highest BCUT2D eigenvalue weighted by Crippen LogP contribution is 2.21. The molecule has 2 amide bonds. The van der Waals surface area contributed by atoms with Gasteiger partial charge in [0.15, 0.2) is 28.4 Å². The molecular formula is C29H41ClN10O2. The first-order chi connectivity index (χ1) is 20.0. The van der Waals surface area contributed by atoms with E-state index in [9.17, 15) is 9.59 Å². The smallest absolute Gasteiger partial charge is 0.280 e. The van der Waals surface area contributed by atoms with Crippen molar-refractivity contribution < 1.29 is 9.59 Å². The fourth-order valence-electron chi connectivity index (χ4n) is 4.45. The maximum Gasteiger partial charge on any atom is 0.280 e. The van der Waals surface area contributed by atoms with Gasteiger partial charge in [-0.2, -0.15) is 0 Å². The van der Waals surface area contributed by atoms with Crippen LogP contribution in [0.5, 0.6) is 0 Å². The molecule has 0 bridgehead atoms. The molecule has 0 unspecified atom stereocenters. The molecule has 226 valence electrons. The minimum atomic E-state index is -0.664. The zero-order valence-electron chi connectivity index (χ0n) is 24.2. The molecule has 1 aromatic heterocycles. The highest BCUT2D eigenvalue weighted by Gasteiger charge is 2.17. The van der Waals surface area contributed by atoms with Crippen molar-refractivity contribution in [2.45, 2.75) is 44.6 Å². The average molecular weight is 597 g/mol. The first kappa shape index (κ1) is 32.5. The van der Waals surface area contributed by atoms with Gasteiger partial charge in [-0.1, -0.05) is 48.0 Å². The fraction of sp³-hybridized carbons (Fsp3) is 0.414. The van der Waals surface area contributed by atoms with Crippen LogP contribution in [0.4, 0.5) is 11.6 Å². The molecule has 0 radical (unpaired) electrons. The Bertz CT molecular complexity index is 1410. The predicted molar refractivity (Wildman–Crippen MR) is 169 cm³/mol. The van der Waals surface area contributed by atoms with Crippen LogP contribution in [-0.2, 0) is 17.6 Å². The molecule has 3 rings (SSSR count). The molecule has 0 aliphatic carbocycles. The number of fused-ring (bicyclic) bond motifs is 1. The lowest BCUT2D eigenvalue weighted by Gasteiger charge is -2.16. The highest BCUT2D eigenvalue weighted by molar-refractivity contribution is 6.31. The third-order valence-electron chi connectivity index (χ3n) is 6.72. The van der Waals surface area contributed by atoms with Gasteiger partial charge in [0, 0.05) is 6.54 Å². The number of anilines is 2. The summed E-state index contributed by atoms with van der Waals surface area (Å²) in [5, 5.41) is 7.93. The molecule has 0 fully saturated rings. The Morgan fingerprint density at radius 1 is 0.952 bits per heavy atom. The van der Waals surface area contributed by atoms with E-state index < -0.39 is 5.91 Å². The van der Waals surface area contributed by atoms with Gasteiger partial charge < -0.3 is 33.2 Å². The Morgan fingerprint density at radius 3 is 2.26 bits per heavy atom. The molecule has 0 spiro atoms. The molecule has 2 aromatic carbocycles. The number of hydrogen-bond acceptors (Lipinski definition) is 9. The lowest BCUT2D eigenvalue weighted by atomic mass is 9.98. The van der Waals surface area contributed by atoms with Crippen LogP contribution in [-0.4, -0.2) is 72.4 Å². The minimum Gasteiger partial charge on any atom is -0.382 e. The number of halogens is 1. The molecule has 12 nitrogen and oxygen atoms in total. The van der Waals surface area contributed by atoms with E-state index >= 15 is 0 Å². The Balaban J connectivity index is 1.44. The van der Waals surface area contributed by atoms with Gasteiger partial charge >= 0.3 is 0 Å². The molecule has 0 aliphatic rings. The number of aromatic nitrogens is 2. The summed E-state index contributed by atoms with van der Waals surface area (Å²) in [6, 6.07) is 12.5. The number of aliphatic imine (C=N–C) groups is 1. The second-order valence-corrected chi connectivity index (χ2v) is 10.8. The van der Waals surface area contributed by atoms with Crippen LogP contribution in [0.3, 0.4) is 0 Å². The Kier molecular flexibility index (Phi) is 12.3. The predicted octanol–water partition coefficient (Wildman–Crippen LogP) is 1.84. The van der Waals surface area contributed by atoms with E-state index in [-0.39, 0.29) is 40.4 Å². The van der Waals surface area contributed by atoms with Gasteiger partial charge in [0.1, 0.15) is 0 Å². The second kappa shape index (κ2) is 15.9. The summed E-state index contributed by atoms with van der Waals surface area (Å²) in [4.78, 5) is 38.2. The van der Waals surface area contributed by atoms with Crippen molar-refractivity contribution in [2.24, 2.45) is 16.5 Å². The van der Waals surface area contributed by atoms with Crippen LogP contribution >= 0.6 is 11.6 Å². The van der Waals surface area contributed by atoms with E-state index in [0.717, 1.165) is 50.6 Å². The second-order valence-electron chi connectivity index (χ2n) is 10.4. The maximum atomic E-state index is 12.3. The summed E-state index contributed by atoms with van der Waals surface area (Å²) in [5.41, 5.74) is 24.9. The summed E-state index contributed by atoms with van der Waals surface area (Å²) in [7, 11) is 4.06. The lowest BCUT2D eigenvalue weighted by Crippen LogP contribution is -2.42. The minimum absolute atomic E-state index is 0.0436. The molecule has 13 heteroatoms. The van der Waals surface area contributed by atoms with Crippen molar-refractivity contribution in [2.75, 3.05) is 45.2 Å². The number of benzene rings is 2. The van der Waals surface area contributed by atoms with Crippen molar-refractivity contribution in [3.63, 3.8) is 0 Å². The van der Waals surface area contributed by atoms with Gasteiger partial charge in [0.05, 0.1) is 6.04 Å². The number of rotatable bonds is 15. The van der Waals surface area contributed by atoms with Crippen LogP contribution < -0.4 is 33.6 Å². The van der Waals surface area contributed by atoms with E-state index in [0.29, 0.717) is 13.0 Å². The van der Waals surface area contributed by atoms with Crippen LogP contribution in [0, 0.1) is 0 Å². The third-order valence-corrected chi connectivity index (χ3v) is 7.00. The van der Waals surface area contributed by atoms with E-state index in [4.69, 9.17) is 34.5 Å². The van der Waals surface area contributed by atoms with Gasteiger partial charge in [-0.3, -0.25) is 19.9 Å². The number of amides is 2. The van der Waals surface area contributed by atoms with Crippen LogP contribution in [0.1, 0.15) is 47.3 Å². The van der Waals surface area contributed by atoms with Crippen molar-refractivity contribution in [3.05, 3.63) is 58.4 Å². The number of nitrogen functional groups attached to an aromatic ring is 2. The zero-order chi connectivity index (χ0) is 30.6. The zero-order valence-corrected chi connectivity index (χ0v) is 25.0. The van der Waals surface area contributed by atoms with E-state index in [1.807, 2.05) is 14.1 Å². The Hall–Kier alpha value is -4.00. The number of hydrogen-bond donors (Lipinski definition) is 6. The number of aryl methyl sites for hydroxylation is 2. The molecule has 42 heavy (non-hydrogen) atoms. The number of unbranched alkanes of at least 4 members (excludes halogenated alkanes) is 1. The van der Waals surface area contributed by atoms with Gasteiger partial charge in [-0.25, -0.2) is 9.97 Å². The van der Waals surface area contributed by atoms with Crippen LogP contribution in [0.25, 0.3) is 10.8 Å². The van der Waals surface area contributed by atoms with Gasteiger partial charge in [-0.15, -0.1) is 0 Å². The van der Waals surface area contributed by atoms with Gasteiger partial charge in [0.25, 0.3) is 5.91 Å². The van der Waals surface area contributed by atoms with E-state index in [1.54, 1.807) is 0 Å². The maximum absolute atomic E-state index is 12.3. The standard InChI is InChI=1S/C29H41ClN10O2/c1-40(2)15-5-14-35-22(27(33)41)12-9-19-8-11-20-16-18(7-10-21(20)17-19)6-3-4-13-36-29(34)39-28(42)23-25(31)38-26(32)24(30)37-23/h7-8,10-11,16-17,22,35H,3-6,9,12-15H2,1-2H3,(H2,33,41)(H4,31,32,38)(H3,34,36,39,42)/t22-/m0/s1. The van der Waals surface area contributed by atoms with Crippen molar-refractivity contribution in [1.82, 2.24) is 25.5 Å². The molecule has 1 heterocycles. The molecule has 0 aliphatic heterocycles. The van der Waals surface area contributed by atoms with E-state index in [1.165, 1.54) is 16.5 Å². The molecule has 1 atom stereocenters. The van der Waals surface area contributed by atoms with Gasteiger partial charge in [0.2, 0.25) is 5.91 Å². The summed E-state index contributed by atoms with van der Waals surface area (Å²) >= 11 is 5.82. The molecule has 0 saturated heterocycles. The molecular weight excluding hydrogens is 556 g/mol. The lowest BCUT2D eigenvalue weighted by molar-refractivity contribution is -0.120. The number of nitrogens with two attached hydrogens (primary N) is 4. The summed E-state index contributed by atoms with van der Waals surface area (Å²) in [6.07, 6.45) is 4.96. The summed E-state index contributed by atoms with van der Waals surface area (Å²) < 4.78 is 0. The number of carbonyl (C=O) groups is 2. The van der Waals surface area contributed by atoms with E-state index in [2.05, 4.69) is 66.9 Å². The summed E-state index contributed by atoms with van der Waals surface area (Å²) in [6.45, 7) is 2.17.